The third-order valence-corrected chi connectivity index (χ3v) is 3.23. The van der Waals surface area contributed by atoms with Gasteiger partial charge in [-0.05, 0) is 35.4 Å². The summed E-state index contributed by atoms with van der Waals surface area (Å²) in [7, 11) is 0. The van der Waals surface area contributed by atoms with E-state index in [1.807, 2.05) is 0 Å². The molecule has 18 heavy (non-hydrogen) atoms. The van der Waals surface area contributed by atoms with Crippen LogP contribution < -0.4 is 0 Å². The molecule has 0 aliphatic rings. The zero-order valence-corrected chi connectivity index (χ0v) is 10.8. The fourth-order valence-corrected chi connectivity index (χ4v) is 2.28. The van der Waals surface area contributed by atoms with Crippen molar-refractivity contribution >= 4 is 29.5 Å². The average molecular weight is 283 g/mol. The van der Waals surface area contributed by atoms with E-state index in [0.29, 0.717) is 21.2 Å². The molecule has 2 rings (SSSR count). The molecule has 92 valence electrons. The van der Waals surface area contributed by atoms with Gasteiger partial charge in [0.05, 0.1) is 5.92 Å². The minimum atomic E-state index is -0.518. The number of hydrogen-bond acceptors (Lipinski definition) is 1. The molecule has 1 atom stereocenters. The van der Waals surface area contributed by atoms with Gasteiger partial charge < -0.3 is 4.79 Å². The van der Waals surface area contributed by atoms with E-state index in [2.05, 4.69) is 0 Å². The van der Waals surface area contributed by atoms with Gasteiger partial charge in [0.1, 0.15) is 12.1 Å². The van der Waals surface area contributed by atoms with Crippen molar-refractivity contribution in [2.24, 2.45) is 0 Å². The molecular weight excluding hydrogens is 274 g/mol. The first-order chi connectivity index (χ1) is 8.61. The second kappa shape index (κ2) is 5.51. The Labute approximate surface area is 114 Å². The number of hydrogen-bond donors (Lipinski definition) is 0. The summed E-state index contributed by atoms with van der Waals surface area (Å²) in [4.78, 5) is 11.2. The molecule has 1 nitrogen and oxygen atoms in total. The van der Waals surface area contributed by atoms with Crippen LogP contribution in [0.1, 0.15) is 17.0 Å². The third-order valence-electron chi connectivity index (χ3n) is 2.66. The third kappa shape index (κ3) is 2.71. The Morgan fingerprint density at radius 2 is 1.72 bits per heavy atom. The van der Waals surface area contributed by atoms with Crippen LogP contribution in [0.15, 0.2) is 42.5 Å². The van der Waals surface area contributed by atoms with E-state index < -0.39 is 5.92 Å². The van der Waals surface area contributed by atoms with Gasteiger partial charge in [-0.1, -0.05) is 41.4 Å². The molecule has 0 spiro atoms. The van der Waals surface area contributed by atoms with Crippen LogP contribution in [0.5, 0.6) is 0 Å². The van der Waals surface area contributed by atoms with Gasteiger partial charge in [-0.2, -0.15) is 0 Å². The van der Waals surface area contributed by atoms with Gasteiger partial charge in [-0.25, -0.2) is 4.39 Å². The summed E-state index contributed by atoms with van der Waals surface area (Å²) in [5.41, 5.74) is 1.35. The molecule has 1 unspecified atom stereocenters. The average Bonchev–Trinajstić information content (AvgIpc) is 2.35. The second-order valence-electron chi connectivity index (χ2n) is 3.83. The fraction of sp³-hybridized carbons (Fsp3) is 0.0714. The standard InChI is InChI=1S/C14H9Cl2FO/c15-10-3-6-12(14(16)7-10)13(8-18)9-1-4-11(17)5-2-9/h1-8,13H. The first-order valence-electron chi connectivity index (χ1n) is 5.27. The molecule has 0 aliphatic heterocycles. The van der Waals surface area contributed by atoms with Crippen LogP contribution in [0, 0.1) is 5.82 Å². The number of carbonyl (C=O) groups excluding carboxylic acids is 1. The predicted octanol–water partition coefficient (Wildman–Crippen LogP) is 4.46. The quantitative estimate of drug-likeness (QED) is 0.760. The summed E-state index contributed by atoms with van der Waals surface area (Å²) in [5, 5.41) is 0.927. The topological polar surface area (TPSA) is 17.1 Å². The summed E-state index contributed by atoms with van der Waals surface area (Å²) in [6.45, 7) is 0. The highest BCUT2D eigenvalue weighted by Gasteiger charge is 2.16. The lowest BCUT2D eigenvalue weighted by Crippen LogP contribution is -2.03. The van der Waals surface area contributed by atoms with Gasteiger partial charge >= 0.3 is 0 Å². The van der Waals surface area contributed by atoms with Gasteiger partial charge in [0, 0.05) is 10.0 Å². The molecular formula is C14H9Cl2FO. The summed E-state index contributed by atoms with van der Waals surface area (Å²) in [5.74, 6) is -0.860. The highest BCUT2D eigenvalue weighted by atomic mass is 35.5. The number of aldehydes is 1. The number of rotatable bonds is 3. The Balaban J connectivity index is 2.45. The predicted molar refractivity (Wildman–Crippen MR) is 70.8 cm³/mol. The number of carbonyl (C=O) groups is 1. The van der Waals surface area contributed by atoms with E-state index in [4.69, 9.17) is 23.2 Å². The van der Waals surface area contributed by atoms with Gasteiger partial charge in [-0.15, -0.1) is 0 Å². The van der Waals surface area contributed by atoms with E-state index >= 15 is 0 Å². The Bertz CT molecular complexity index is 567. The molecule has 0 aromatic heterocycles. The molecule has 0 bridgehead atoms. The minimum absolute atomic E-state index is 0.342. The SMILES string of the molecule is O=CC(c1ccc(F)cc1)c1ccc(Cl)cc1Cl. The van der Waals surface area contributed by atoms with E-state index in [0.717, 1.165) is 6.29 Å². The van der Waals surface area contributed by atoms with Crippen molar-refractivity contribution in [1.29, 1.82) is 0 Å². The van der Waals surface area contributed by atoms with Crippen LogP contribution in [0.3, 0.4) is 0 Å². The van der Waals surface area contributed by atoms with Crippen molar-refractivity contribution in [3.05, 3.63) is 69.5 Å². The van der Waals surface area contributed by atoms with Crippen molar-refractivity contribution in [2.45, 2.75) is 5.92 Å². The maximum Gasteiger partial charge on any atom is 0.131 e. The van der Waals surface area contributed by atoms with Crippen molar-refractivity contribution in [3.63, 3.8) is 0 Å². The van der Waals surface area contributed by atoms with Crippen molar-refractivity contribution in [3.8, 4) is 0 Å². The highest BCUT2D eigenvalue weighted by Crippen LogP contribution is 2.30. The molecule has 2 aromatic carbocycles. The van der Waals surface area contributed by atoms with Crippen LogP contribution in [-0.2, 0) is 4.79 Å². The normalized spacial score (nSPS) is 12.2. The minimum Gasteiger partial charge on any atom is -0.302 e. The van der Waals surface area contributed by atoms with Gasteiger partial charge in [0.2, 0.25) is 0 Å². The van der Waals surface area contributed by atoms with Gasteiger partial charge in [-0.3, -0.25) is 0 Å². The summed E-state index contributed by atoms with van der Waals surface area (Å²) in [6.07, 6.45) is 0.780. The lowest BCUT2D eigenvalue weighted by Gasteiger charge is -2.13. The van der Waals surface area contributed by atoms with Crippen molar-refractivity contribution in [1.82, 2.24) is 0 Å². The van der Waals surface area contributed by atoms with Crippen LogP contribution >= 0.6 is 23.2 Å². The first-order valence-corrected chi connectivity index (χ1v) is 6.03. The Kier molecular flexibility index (Phi) is 4.00. The lowest BCUT2D eigenvalue weighted by molar-refractivity contribution is -0.108. The van der Waals surface area contributed by atoms with Crippen molar-refractivity contribution in [2.75, 3.05) is 0 Å². The first kappa shape index (κ1) is 13.1. The van der Waals surface area contributed by atoms with Crippen molar-refractivity contribution < 1.29 is 9.18 Å². The molecule has 0 saturated heterocycles. The molecule has 0 aliphatic carbocycles. The summed E-state index contributed by atoms with van der Waals surface area (Å²) in [6, 6.07) is 10.7. The molecule has 0 saturated carbocycles. The molecule has 0 heterocycles. The molecule has 0 amide bonds. The molecule has 0 radical (unpaired) electrons. The zero-order chi connectivity index (χ0) is 13.1. The molecule has 2 aromatic rings. The Morgan fingerprint density at radius 1 is 1.06 bits per heavy atom. The molecule has 4 heteroatoms. The van der Waals surface area contributed by atoms with Crippen LogP contribution in [0.4, 0.5) is 4.39 Å². The largest absolute Gasteiger partial charge is 0.302 e. The fourth-order valence-electron chi connectivity index (χ4n) is 1.76. The lowest BCUT2D eigenvalue weighted by atomic mass is 9.92. The van der Waals surface area contributed by atoms with Crippen LogP contribution in [0.25, 0.3) is 0 Å². The van der Waals surface area contributed by atoms with E-state index in [1.54, 1.807) is 30.3 Å². The van der Waals surface area contributed by atoms with Crippen LogP contribution in [-0.4, -0.2) is 6.29 Å². The Hall–Kier alpha value is -1.38. The highest BCUT2D eigenvalue weighted by molar-refractivity contribution is 6.35. The molecule has 0 N–H and O–H groups in total. The Morgan fingerprint density at radius 3 is 2.28 bits per heavy atom. The van der Waals surface area contributed by atoms with Gasteiger partial charge in [0.25, 0.3) is 0 Å². The van der Waals surface area contributed by atoms with E-state index in [9.17, 15) is 9.18 Å². The number of benzene rings is 2. The van der Waals surface area contributed by atoms with E-state index in [-0.39, 0.29) is 5.82 Å². The summed E-state index contributed by atoms with van der Waals surface area (Å²) < 4.78 is 12.9. The second-order valence-corrected chi connectivity index (χ2v) is 4.67. The van der Waals surface area contributed by atoms with Gasteiger partial charge in [0.15, 0.2) is 0 Å². The monoisotopic (exact) mass is 282 g/mol. The number of halogens is 3. The van der Waals surface area contributed by atoms with E-state index in [1.165, 1.54) is 12.1 Å². The zero-order valence-electron chi connectivity index (χ0n) is 9.24. The maximum absolute atomic E-state index is 12.9. The summed E-state index contributed by atoms with van der Waals surface area (Å²) >= 11 is 11.9. The molecule has 0 fully saturated rings. The smallest absolute Gasteiger partial charge is 0.131 e. The maximum atomic E-state index is 12.9. The van der Waals surface area contributed by atoms with Crippen LogP contribution in [0.2, 0.25) is 10.0 Å².